The van der Waals surface area contributed by atoms with Crippen LogP contribution in [0.4, 0.5) is 0 Å². The molecule has 0 aliphatic heterocycles. The molecule has 0 aromatic heterocycles. The van der Waals surface area contributed by atoms with E-state index in [-0.39, 0.29) is 6.04 Å². The number of rotatable bonds is 4. The van der Waals surface area contributed by atoms with Gasteiger partial charge in [0.1, 0.15) is 11.5 Å². The summed E-state index contributed by atoms with van der Waals surface area (Å²) in [5.74, 6) is 1.81. The Labute approximate surface area is 121 Å². The quantitative estimate of drug-likeness (QED) is 0.898. The fourth-order valence-electron chi connectivity index (χ4n) is 2.35. The van der Waals surface area contributed by atoms with Gasteiger partial charge in [0.05, 0.1) is 0 Å². The fourth-order valence-corrected chi connectivity index (χ4v) is 2.35. The lowest BCUT2D eigenvalue weighted by Crippen LogP contribution is -2.18. The molecule has 106 valence electrons. The van der Waals surface area contributed by atoms with Gasteiger partial charge in [0.15, 0.2) is 0 Å². The average molecular weight is 269 g/mol. The van der Waals surface area contributed by atoms with Gasteiger partial charge in [-0.2, -0.15) is 0 Å². The average Bonchev–Trinajstić information content (AvgIpc) is 2.34. The Kier molecular flexibility index (Phi) is 4.46. The van der Waals surface area contributed by atoms with Crippen LogP contribution in [0.15, 0.2) is 36.4 Å². The van der Waals surface area contributed by atoms with E-state index >= 15 is 0 Å². The van der Waals surface area contributed by atoms with Gasteiger partial charge in [0.25, 0.3) is 0 Å². The van der Waals surface area contributed by atoms with Crippen molar-refractivity contribution in [1.82, 2.24) is 0 Å². The number of benzene rings is 2. The van der Waals surface area contributed by atoms with Crippen LogP contribution >= 0.6 is 0 Å². The van der Waals surface area contributed by atoms with E-state index in [9.17, 15) is 0 Å². The largest absolute Gasteiger partial charge is 0.457 e. The summed E-state index contributed by atoms with van der Waals surface area (Å²) in [6, 6.07) is 12.6. The molecule has 2 aromatic carbocycles. The van der Waals surface area contributed by atoms with Crippen molar-refractivity contribution < 1.29 is 4.74 Å². The zero-order valence-corrected chi connectivity index (χ0v) is 12.7. The van der Waals surface area contributed by atoms with Gasteiger partial charge in [-0.15, -0.1) is 0 Å². The van der Waals surface area contributed by atoms with Crippen LogP contribution < -0.4 is 10.5 Å². The second-order valence-corrected chi connectivity index (χ2v) is 5.66. The van der Waals surface area contributed by atoms with E-state index in [2.05, 4.69) is 45.0 Å². The Hall–Kier alpha value is -1.80. The van der Waals surface area contributed by atoms with Gasteiger partial charge in [-0.25, -0.2) is 0 Å². The van der Waals surface area contributed by atoms with E-state index in [1.165, 1.54) is 16.7 Å². The molecule has 2 nitrogen and oxygen atoms in total. The van der Waals surface area contributed by atoms with Crippen LogP contribution in [0.3, 0.4) is 0 Å². The Bertz CT molecular complexity index is 602. The number of nitrogens with two attached hydrogens (primary N) is 1. The van der Waals surface area contributed by atoms with Crippen molar-refractivity contribution in [1.29, 1.82) is 0 Å². The van der Waals surface area contributed by atoms with Crippen molar-refractivity contribution in [2.45, 2.75) is 40.2 Å². The lowest BCUT2D eigenvalue weighted by molar-refractivity contribution is 0.470. The third-order valence-electron chi connectivity index (χ3n) is 3.31. The first-order valence-electron chi connectivity index (χ1n) is 7.06. The van der Waals surface area contributed by atoms with Gasteiger partial charge in [-0.05, 0) is 57.4 Å². The first-order chi connectivity index (χ1) is 9.45. The molecule has 2 heteroatoms. The maximum absolute atomic E-state index is 6.10. The summed E-state index contributed by atoms with van der Waals surface area (Å²) in [6.07, 6.45) is 0.821. The lowest BCUT2D eigenvalue weighted by Gasteiger charge is -2.15. The standard InChI is InChI=1S/C18H23NO/c1-12-5-7-17(14(3)9-12)20-18-8-6-13(2)10-16(18)11-15(4)19/h5-10,15H,11,19H2,1-4H3. The molecule has 0 aliphatic carbocycles. The summed E-state index contributed by atoms with van der Waals surface area (Å²) in [6.45, 7) is 8.26. The van der Waals surface area contributed by atoms with Gasteiger partial charge < -0.3 is 10.5 Å². The Morgan fingerprint density at radius 3 is 2.15 bits per heavy atom. The van der Waals surface area contributed by atoms with Crippen LogP contribution in [-0.4, -0.2) is 6.04 Å². The van der Waals surface area contributed by atoms with Crippen molar-refractivity contribution in [3.8, 4) is 11.5 Å². The Morgan fingerprint density at radius 1 is 0.950 bits per heavy atom. The molecule has 2 aromatic rings. The first kappa shape index (κ1) is 14.6. The van der Waals surface area contributed by atoms with Crippen molar-refractivity contribution in [3.05, 3.63) is 58.7 Å². The van der Waals surface area contributed by atoms with E-state index in [1.807, 2.05) is 19.1 Å². The van der Waals surface area contributed by atoms with Crippen LogP contribution in [-0.2, 0) is 6.42 Å². The van der Waals surface area contributed by atoms with Crippen molar-refractivity contribution in [3.63, 3.8) is 0 Å². The van der Waals surface area contributed by atoms with E-state index in [1.54, 1.807) is 0 Å². The second-order valence-electron chi connectivity index (χ2n) is 5.66. The van der Waals surface area contributed by atoms with Gasteiger partial charge in [0.2, 0.25) is 0 Å². The molecule has 0 spiro atoms. The van der Waals surface area contributed by atoms with Crippen LogP contribution in [0.25, 0.3) is 0 Å². The highest BCUT2D eigenvalue weighted by Crippen LogP contribution is 2.29. The van der Waals surface area contributed by atoms with Gasteiger partial charge in [-0.3, -0.25) is 0 Å². The number of hydrogen-bond acceptors (Lipinski definition) is 2. The highest BCUT2D eigenvalue weighted by atomic mass is 16.5. The molecule has 0 radical (unpaired) electrons. The molecule has 0 amide bonds. The summed E-state index contributed by atoms with van der Waals surface area (Å²) in [7, 11) is 0. The zero-order valence-electron chi connectivity index (χ0n) is 12.7. The highest BCUT2D eigenvalue weighted by molar-refractivity contribution is 5.43. The molecule has 0 fully saturated rings. The normalized spacial score (nSPS) is 12.2. The van der Waals surface area contributed by atoms with Crippen LogP contribution in [0.5, 0.6) is 11.5 Å². The molecule has 2 N–H and O–H groups in total. The predicted octanol–water partition coefficient (Wildman–Crippen LogP) is 4.29. The maximum Gasteiger partial charge on any atom is 0.130 e. The molecule has 2 rings (SSSR count). The van der Waals surface area contributed by atoms with Crippen LogP contribution in [0.1, 0.15) is 29.2 Å². The Morgan fingerprint density at radius 2 is 1.55 bits per heavy atom. The molecule has 0 bridgehead atoms. The van der Waals surface area contributed by atoms with Gasteiger partial charge in [0, 0.05) is 6.04 Å². The molecular formula is C18H23NO. The lowest BCUT2D eigenvalue weighted by atomic mass is 10.0. The van der Waals surface area contributed by atoms with E-state index in [0.29, 0.717) is 0 Å². The molecule has 1 unspecified atom stereocenters. The molecular weight excluding hydrogens is 246 g/mol. The van der Waals surface area contributed by atoms with Crippen molar-refractivity contribution >= 4 is 0 Å². The number of aryl methyl sites for hydroxylation is 3. The van der Waals surface area contributed by atoms with Crippen molar-refractivity contribution in [2.75, 3.05) is 0 Å². The molecule has 0 heterocycles. The SMILES string of the molecule is Cc1ccc(Oc2ccc(C)cc2CC(C)N)c(C)c1. The molecule has 1 atom stereocenters. The Balaban J connectivity index is 2.32. The van der Waals surface area contributed by atoms with Gasteiger partial charge in [-0.1, -0.05) is 35.4 Å². The second kappa shape index (κ2) is 6.10. The first-order valence-corrected chi connectivity index (χ1v) is 7.06. The summed E-state index contributed by atoms with van der Waals surface area (Å²) in [4.78, 5) is 0. The summed E-state index contributed by atoms with van der Waals surface area (Å²) in [5.41, 5.74) is 10.7. The molecule has 0 saturated carbocycles. The smallest absolute Gasteiger partial charge is 0.130 e. The third kappa shape index (κ3) is 3.61. The summed E-state index contributed by atoms with van der Waals surface area (Å²) < 4.78 is 6.10. The third-order valence-corrected chi connectivity index (χ3v) is 3.31. The van der Waals surface area contributed by atoms with E-state index in [4.69, 9.17) is 10.5 Å². The predicted molar refractivity (Wildman–Crippen MR) is 84.5 cm³/mol. The van der Waals surface area contributed by atoms with E-state index < -0.39 is 0 Å². The molecule has 20 heavy (non-hydrogen) atoms. The van der Waals surface area contributed by atoms with Crippen LogP contribution in [0, 0.1) is 20.8 Å². The fraction of sp³-hybridized carbons (Fsp3) is 0.333. The molecule has 0 saturated heterocycles. The van der Waals surface area contributed by atoms with Gasteiger partial charge >= 0.3 is 0 Å². The van der Waals surface area contributed by atoms with Crippen LogP contribution in [0.2, 0.25) is 0 Å². The molecule has 0 aliphatic rings. The van der Waals surface area contributed by atoms with Crippen molar-refractivity contribution in [2.24, 2.45) is 5.73 Å². The highest BCUT2D eigenvalue weighted by Gasteiger charge is 2.09. The minimum Gasteiger partial charge on any atom is -0.457 e. The topological polar surface area (TPSA) is 35.2 Å². The number of hydrogen-bond donors (Lipinski definition) is 1. The minimum atomic E-state index is 0.123. The van der Waals surface area contributed by atoms with E-state index in [0.717, 1.165) is 23.5 Å². The minimum absolute atomic E-state index is 0.123. The summed E-state index contributed by atoms with van der Waals surface area (Å²) in [5, 5.41) is 0. The number of ether oxygens (including phenoxy) is 1. The monoisotopic (exact) mass is 269 g/mol. The zero-order chi connectivity index (χ0) is 14.7. The maximum atomic E-state index is 6.10. The summed E-state index contributed by atoms with van der Waals surface area (Å²) >= 11 is 0.